The maximum Gasteiger partial charge on any atom is 0.181 e. The number of rotatable bonds is 3. The summed E-state index contributed by atoms with van der Waals surface area (Å²) in [6.45, 7) is 3.97. The van der Waals surface area contributed by atoms with Crippen molar-refractivity contribution in [2.75, 3.05) is 0 Å². The minimum atomic E-state index is 0.185. The zero-order valence-corrected chi connectivity index (χ0v) is 10.9. The van der Waals surface area contributed by atoms with Crippen molar-refractivity contribution in [1.29, 1.82) is 0 Å². The van der Waals surface area contributed by atoms with Gasteiger partial charge in [-0.2, -0.15) is 0 Å². The number of Topliss-reactive ketones (excluding diaryl/α,β-unsaturated/α-hetero) is 1. The van der Waals surface area contributed by atoms with Crippen LogP contribution in [-0.4, -0.2) is 16.5 Å². The fourth-order valence-corrected chi connectivity index (χ4v) is 2.18. The first kappa shape index (κ1) is 12.7. The number of pyridine rings is 1. The molecule has 1 aliphatic rings. The Balaban J connectivity index is 2.15. The summed E-state index contributed by atoms with van der Waals surface area (Å²) in [7, 11) is 0. The largest absolute Gasteiger partial charge is 0.292 e. The Morgan fingerprint density at radius 2 is 2.28 bits per heavy atom. The van der Waals surface area contributed by atoms with Crippen LogP contribution in [0.4, 0.5) is 0 Å². The van der Waals surface area contributed by atoms with Crippen molar-refractivity contribution in [2.24, 2.45) is 4.99 Å². The van der Waals surface area contributed by atoms with E-state index in [0.717, 1.165) is 36.1 Å². The molecule has 0 N–H and O–H groups in total. The van der Waals surface area contributed by atoms with E-state index in [2.05, 4.69) is 9.98 Å². The summed E-state index contributed by atoms with van der Waals surface area (Å²) >= 11 is 0. The van der Waals surface area contributed by atoms with Crippen molar-refractivity contribution in [2.45, 2.75) is 39.5 Å². The summed E-state index contributed by atoms with van der Waals surface area (Å²) in [5.41, 5.74) is 3.90. The molecule has 0 fully saturated rings. The molecule has 1 heterocycles. The van der Waals surface area contributed by atoms with Gasteiger partial charge in [-0.05, 0) is 43.9 Å². The molecule has 18 heavy (non-hydrogen) atoms. The second-order valence-electron chi connectivity index (χ2n) is 4.79. The molecule has 0 radical (unpaired) electrons. The first-order valence-corrected chi connectivity index (χ1v) is 6.33. The number of ketones is 1. The number of aromatic nitrogens is 1. The Kier molecular flexibility index (Phi) is 4.03. The molecule has 0 aliphatic heterocycles. The smallest absolute Gasteiger partial charge is 0.181 e. The molecule has 0 bridgehead atoms. The summed E-state index contributed by atoms with van der Waals surface area (Å²) in [5.74, 6) is 0.185. The van der Waals surface area contributed by atoms with Crippen molar-refractivity contribution in [3.63, 3.8) is 0 Å². The molecule has 1 aromatic heterocycles. The van der Waals surface area contributed by atoms with Crippen molar-refractivity contribution >= 4 is 11.5 Å². The van der Waals surface area contributed by atoms with Crippen LogP contribution in [0.15, 0.2) is 40.8 Å². The van der Waals surface area contributed by atoms with Gasteiger partial charge in [0.15, 0.2) is 5.78 Å². The average molecular weight is 242 g/mol. The SMILES string of the molecule is CC1=C(/N=C(\C)Cc2cccnc2)C(=O)CCC1. The molecule has 0 atom stereocenters. The lowest BCUT2D eigenvalue weighted by Gasteiger charge is -2.13. The minimum absolute atomic E-state index is 0.185. The molecule has 0 spiro atoms. The van der Waals surface area contributed by atoms with Crippen molar-refractivity contribution in [3.8, 4) is 0 Å². The number of nitrogens with zero attached hydrogens (tertiary/aromatic N) is 2. The Bertz CT molecular complexity index is 500. The molecule has 3 nitrogen and oxygen atoms in total. The van der Waals surface area contributed by atoms with Crippen LogP contribution in [0.1, 0.15) is 38.7 Å². The van der Waals surface area contributed by atoms with Crippen molar-refractivity contribution in [3.05, 3.63) is 41.4 Å². The Labute approximate surface area is 108 Å². The third-order valence-corrected chi connectivity index (χ3v) is 3.11. The van der Waals surface area contributed by atoms with Crippen LogP contribution >= 0.6 is 0 Å². The van der Waals surface area contributed by atoms with Crippen LogP contribution in [0.2, 0.25) is 0 Å². The fraction of sp³-hybridized carbons (Fsp3) is 0.400. The number of hydrogen-bond acceptors (Lipinski definition) is 3. The van der Waals surface area contributed by atoms with Gasteiger partial charge in [-0.1, -0.05) is 6.07 Å². The summed E-state index contributed by atoms with van der Waals surface area (Å²) < 4.78 is 0. The number of allylic oxidation sites excluding steroid dienone is 2. The van der Waals surface area contributed by atoms with E-state index in [-0.39, 0.29) is 5.78 Å². The van der Waals surface area contributed by atoms with Gasteiger partial charge in [-0.25, -0.2) is 0 Å². The second-order valence-corrected chi connectivity index (χ2v) is 4.79. The molecule has 0 aromatic carbocycles. The van der Waals surface area contributed by atoms with E-state index >= 15 is 0 Å². The molecule has 94 valence electrons. The van der Waals surface area contributed by atoms with Crippen LogP contribution < -0.4 is 0 Å². The third kappa shape index (κ3) is 3.13. The van der Waals surface area contributed by atoms with Crippen molar-refractivity contribution < 1.29 is 4.79 Å². The van der Waals surface area contributed by atoms with Crippen LogP contribution in [0.25, 0.3) is 0 Å². The highest BCUT2D eigenvalue weighted by molar-refractivity contribution is 5.99. The lowest BCUT2D eigenvalue weighted by molar-refractivity contribution is -0.116. The zero-order chi connectivity index (χ0) is 13.0. The van der Waals surface area contributed by atoms with Crippen LogP contribution in [0.3, 0.4) is 0 Å². The van der Waals surface area contributed by atoms with Gasteiger partial charge in [0.1, 0.15) is 5.70 Å². The molecule has 2 rings (SSSR count). The normalized spacial score (nSPS) is 17.2. The lowest BCUT2D eigenvalue weighted by Crippen LogP contribution is -2.11. The van der Waals surface area contributed by atoms with E-state index in [1.54, 1.807) is 6.20 Å². The van der Waals surface area contributed by atoms with Gasteiger partial charge >= 0.3 is 0 Å². The standard InChI is InChI=1S/C15H18N2O/c1-11-5-3-7-14(18)15(11)17-12(2)9-13-6-4-8-16-10-13/h4,6,8,10H,3,5,7,9H2,1-2H3/b17-12+. The molecular weight excluding hydrogens is 224 g/mol. The molecular formula is C15H18N2O. The minimum Gasteiger partial charge on any atom is -0.292 e. The van der Waals surface area contributed by atoms with Gasteiger partial charge in [0.05, 0.1) is 0 Å². The van der Waals surface area contributed by atoms with E-state index in [1.165, 1.54) is 0 Å². The molecule has 0 unspecified atom stereocenters. The Morgan fingerprint density at radius 3 is 2.94 bits per heavy atom. The first-order valence-electron chi connectivity index (χ1n) is 6.33. The van der Waals surface area contributed by atoms with E-state index in [9.17, 15) is 4.79 Å². The molecule has 0 saturated heterocycles. The summed E-state index contributed by atoms with van der Waals surface area (Å²) in [5, 5.41) is 0. The zero-order valence-electron chi connectivity index (χ0n) is 10.9. The molecule has 3 heteroatoms. The summed E-state index contributed by atoms with van der Waals surface area (Å²) in [6.07, 6.45) is 6.93. The number of carbonyl (C=O) groups is 1. The number of hydrogen-bond donors (Lipinski definition) is 0. The summed E-state index contributed by atoms with van der Waals surface area (Å²) in [6, 6.07) is 3.94. The topological polar surface area (TPSA) is 42.3 Å². The first-order chi connectivity index (χ1) is 8.66. The fourth-order valence-electron chi connectivity index (χ4n) is 2.18. The van der Waals surface area contributed by atoms with Crippen molar-refractivity contribution in [1.82, 2.24) is 4.98 Å². The number of carbonyl (C=O) groups excluding carboxylic acids is 1. The number of aliphatic imine (C=N–C) groups is 1. The van der Waals surface area contributed by atoms with Gasteiger partial charge in [0.25, 0.3) is 0 Å². The van der Waals surface area contributed by atoms with Crippen LogP contribution in [-0.2, 0) is 11.2 Å². The summed E-state index contributed by atoms with van der Waals surface area (Å²) in [4.78, 5) is 20.4. The quantitative estimate of drug-likeness (QED) is 0.764. The van der Waals surface area contributed by atoms with E-state index in [4.69, 9.17) is 0 Å². The third-order valence-electron chi connectivity index (χ3n) is 3.11. The Morgan fingerprint density at radius 1 is 1.44 bits per heavy atom. The highest BCUT2D eigenvalue weighted by atomic mass is 16.1. The highest BCUT2D eigenvalue weighted by Gasteiger charge is 2.17. The van der Waals surface area contributed by atoms with Gasteiger partial charge < -0.3 is 0 Å². The van der Waals surface area contributed by atoms with E-state index in [0.29, 0.717) is 12.1 Å². The maximum atomic E-state index is 11.8. The average Bonchev–Trinajstić information content (AvgIpc) is 2.35. The van der Waals surface area contributed by atoms with Gasteiger partial charge in [-0.15, -0.1) is 0 Å². The molecule has 0 amide bonds. The van der Waals surface area contributed by atoms with Crippen LogP contribution in [0.5, 0.6) is 0 Å². The second kappa shape index (κ2) is 5.71. The molecule has 1 aromatic rings. The lowest BCUT2D eigenvalue weighted by atomic mass is 9.96. The molecule has 0 saturated carbocycles. The predicted molar refractivity (Wildman–Crippen MR) is 72.6 cm³/mol. The van der Waals surface area contributed by atoms with Gasteiger partial charge in [-0.3, -0.25) is 14.8 Å². The maximum absolute atomic E-state index is 11.8. The van der Waals surface area contributed by atoms with E-state index in [1.807, 2.05) is 32.2 Å². The van der Waals surface area contributed by atoms with Crippen LogP contribution in [0, 0.1) is 0 Å². The highest BCUT2D eigenvalue weighted by Crippen LogP contribution is 2.22. The van der Waals surface area contributed by atoms with E-state index < -0.39 is 0 Å². The van der Waals surface area contributed by atoms with Gasteiger partial charge in [0.2, 0.25) is 0 Å². The predicted octanol–water partition coefficient (Wildman–Crippen LogP) is 3.11. The Hall–Kier alpha value is -1.77. The van der Waals surface area contributed by atoms with Gasteiger partial charge in [0, 0.05) is 30.9 Å². The molecule has 1 aliphatic carbocycles. The monoisotopic (exact) mass is 242 g/mol.